The predicted octanol–water partition coefficient (Wildman–Crippen LogP) is 4.91. The third-order valence-corrected chi connectivity index (χ3v) is 5.55. The number of fused-ring (bicyclic) bond motifs is 3. The molecule has 0 amide bonds. The van der Waals surface area contributed by atoms with Crippen LogP contribution in [0.1, 0.15) is 5.56 Å². The summed E-state index contributed by atoms with van der Waals surface area (Å²) in [5.41, 5.74) is 3.06. The topological polar surface area (TPSA) is 65.1 Å². The van der Waals surface area contributed by atoms with Crippen LogP contribution in [-0.2, 0) is 6.54 Å². The van der Waals surface area contributed by atoms with Gasteiger partial charge in [0.15, 0.2) is 0 Å². The lowest BCUT2D eigenvalue weighted by molar-refractivity contribution is 0.478. The van der Waals surface area contributed by atoms with E-state index in [9.17, 15) is 9.90 Å². The Bertz CT molecular complexity index is 1170. The first-order valence-corrected chi connectivity index (χ1v) is 9.04. The molecule has 0 saturated heterocycles. The number of hydrogen-bond acceptors (Lipinski definition) is 4. The van der Waals surface area contributed by atoms with Crippen LogP contribution in [0, 0.1) is 0 Å². The van der Waals surface area contributed by atoms with E-state index in [2.05, 4.69) is 10.3 Å². The van der Waals surface area contributed by atoms with Crippen LogP contribution in [0.15, 0.2) is 46.6 Å². The molecule has 7 heteroatoms. The molecule has 4 aromatic rings. The van der Waals surface area contributed by atoms with Gasteiger partial charge in [0, 0.05) is 33.4 Å². The maximum Gasteiger partial charge on any atom is 0.266 e. The standard InChI is InChI=1S/C19H15ClN2O2S.ClH/c1-21-9-11-3-2-10(8-13(11)20)16-15(23)5-4-14-17(16)12-6-7-25-18(12)19(24)22-14;/h2-8,21,23H,9H2,1H3,(H,22,24);1H. The number of phenols is 1. The average Bonchev–Trinajstić information content (AvgIpc) is 3.08. The van der Waals surface area contributed by atoms with Crippen LogP contribution in [0.2, 0.25) is 5.02 Å². The number of halogens is 2. The van der Waals surface area contributed by atoms with E-state index in [1.54, 1.807) is 12.1 Å². The van der Waals surface area contributed by atoms with Gasteiger partial charge >= 0.3 is 0 Å². The van der Waals surface area contributed by atoms with E-state index in [1.807, 2.05) is 36.7 Å². The third kappa shape index (κ3) is 2.97. The van der Waals surface area contributed by atoms with E-state index in [1.165, 1.54) is 11.3 Å². The van der Waals surface area contributed by atoms with Crippen molar-refractivity contribution in [1.29, 1.82) is 0 Å². The number of aromatic amines is 1. The van der Waals surface area contributed by atoms with Crippen molar-refractivity contribution in [3.63, 3.8) is 0 Å². The fraction of sp³-hybridized carbons (Fsp3) is 0.105. The first kappa shape index (κ1) is 18.7. The van der Waals surface area contributed by atoms with Crippen molar-refractivity contribution in [2.24, 2.45) is 0 Å². The predicted molar refractivity (Wildman–Crippen MR) is 112 cm³/mol. The Hall–Kier alpha value is -2.05. The minimum Gasteiger partial charge on any atom is -0.507 e. The van der Waals surface area contributed by atoms with E-state index in [0.29, 0.717) is 27.3 Å². The van der Waals surface area contributed by atoms with Gasteiger partial charge < -0.3 is 15.4 Å². The first-order chi connectivity index (χ1) is 12.1. The number of aromatic hydroxyl groups is 1. The van der Waals surface area contributed by atoms with Crippen molar-refractivity contribution in [3.8, 4) is 16.9 Å². The Morgan fingerprint density at radius 3 is 2.77 bits per heavy atom. The van der Waals surface area contributed by atoms with Crippen LogP contribution in [0.3, 0.4) is 0 Å². The molecule has 0 bridgehead atoms. The molecule has 0 radical (unpaired) electrons. The molecule has 0 unspecified atom stereocenters. The number of benzene rings is 2. The van der Waals surface area contributed by atoms with Gasteiger partial charge in [-0.2, -0.15) is 0 Å². The van der Waals surface area contributed by atoms with Gasteiger partial charge in [0.1, 0.15) is 10.4 Å². The number of H-pyrrole nitrogens is 1. The highest BCUT2D eigenvalue weighted by molar-refractivity contribution is 7.17. The summed E-state index contributed by atoms with van der Waals surface area (Å²) in [6.07, 6.45) is 0. The molecule has 134 valence electrons. The minimum absolute atomic E-state index is 0. The van der Waals surface area contributed by atoms with Crippen LogP contribution in [-0.4, -0.2) is 17.1 Å². The molecule has 2 aromatic carbocycles. The van der Waals surface area contributed by atoms with E-state index in [-0.39, 0.29) is 23.7 Å². The number of pyridine rings is 1. The maximum atomic E-state index is 12.2. The minimum atomic E-state index is -0.114. The van der Waals surface area contributed by atoms with Crippen molar-refractivity contribution in [3.05, 3.63) is 62.7 Å². The largest absolute Gasteiger partial charge is 0.507 e. The van der Waals surface area contributed by atoms with Crippen LogP contribution < -0.4 is 10.9 Å². The molecule has 0 spiro atoms. The van der Waals surface area contributed by atoms with E-state index >= 15 is 0 Å². The normalized spacial score (nSPS) is 11.0. The highest BCUT2D eigenvalue weighted by atomic mass is 35.5. The number of phenolic OH excluding ortho intramolecular Hbond substituents is 1. The molecule has 2 heterocycles. The summed E-state index contributed by atoms with van der Waals surface area (Å²) in [6.45, 7) is 0.669. The van der Waals surface area contributed by atoms with E-state index in [0.717, 1.165) is 21.9 Å². The van der Waals surface area contributed by atoms with Gasteiger partial charge in [0.2, 0.25) is 0 Å². The summed E-state index contributed by atoms with van der Waals surface area (Å²) < 4.78 is 0.650. The molecule has 4 rings (SSSR count). The highest BCUT2D eigenvalue weighted by Gasteiger charge is 2.16. The molecule has 26 heavy (non-hydrogen) atoms. The van der Waals surface area contributed by atoms with Gasteiger partial charge in [-0.25, -0.2) is 0 Å². The molecule has 2 aromatic heterocycles. The third-order valence-electron chi connectivity index (χ3n) is 4.28. The second kappa shape index (κ2) is 7.29. The van der Waals surface area contributed by atoms with Crippen LogP contribution in [0.4, 0.5) is 0 Å². The summed E-state index contributed by atoms with van der Waals surface area (Å²) in [6, 6.07) is 11.0. The van der Waals surface area contributed by atoms with Gasteiger partial charge in [-0.05, 0) is 47.8 Å². The fourth-order valence-corrected chi connectivity index (χ4v) is 4.21. The van der Waals surface area contributed by atoms with Gasteiger partial charge in [-0.1, -0.05) is 23.7 Å². The smallest absolute Gasteiger partial charge is 0.266 e. The second-order valence-electron chi connectivity index (χ2n) is 5.84. The number of thiophene rings is 1. The zero-order valence-electron chi connectivity index (χ0n) is 13.8. The molecule has 0 aliphatic carbocycles. The Morgan fingerprint density at radius 1 is 1.23 bits per heavy atom. The summed E-state index contributed by atoms with van der Waals surface area (Å²) in [4.78, 5) is 15.1. The summed E-state index contributed by atoms with van der Waals surface area (Å²) >= 11 is 7.80. The zero-order valence-corrected chi connectivity index (χ0v) is 16.2. The van der Waals surface area contributed by atoms with Gasteiger partial charge in [-0.3, -0.25) is 4.79 Å². The summed E-state index contributed by atoms with van der Waals surface area (Å²) in [7, 11) is 1.87. The Morgan fingerprint density at radius 2 is 2.04 bits per heavy atom. The lowest BCUT2D eigenvalue weighted by Gasteiger charge is -2.12. The SMILES string of the molecule is CNCc1ccc(-c2c(O)ccc3[nH]c(=O)c4sccc4c23)cc1Cl.Cl. The van der Waals surface area contributed by atoms with Crippen LogP contribution in [0.5, 0.6) is 5.75 Å². The maximum absolute atomic E-state index is 12.2. The Labute approximate surface area is 164 Å². The van der Waals surface area contributed by atoms with Crippen LogP contribution in [0.25, 0.3) is 32.1 Å². The monoisotopic (exact) mass is 406 g/mol. The number of aromatic nitrogens is 1. The van der Waals surface area contributed by atoms with Crippen molar-refractivity contribution in [1.82, 2.24) is 10.3 Å². The molecular weight excluding hydrogens is 391 g/mol. The summed E-state index contributed by atoms with van der Waals surface area (Å²) in [5.74, 6) is 0.157. The molecule has 0 fully saturated rings. The molecule has 0 saturated carbocycles. The molecule has 0 aliphatic heterocycles. The van der Waals surface area contributed by atoms with Crippen molar-refractivity contribution in [2.75, 3.05) is 7.05 Å². The molecule has 0 atom stereocenters. The number of rotatable bonds is 3. The van der Waals surface area contributed by atoms with E-state index < -0.39 is 0 Å². The van der Waals surface area contributed by atoms with Crippen LogP contribution >= 0.6 is 35.3 Å². The first-order valence-electron chi connectivity index (χ1n) is 7.78. The lowest BCUT2D eigenvalue weighted by Crippen LogP contribution is -2.06. The van der Waals surface area contributed by atoms with Gasteiger partial charge in [-0.15, -0.1) is 23.7 Å². The molecule has 0 aliphatic rings. The number of hydrogen-bond donors (Lipinski definition) is 3. The van der Waals surface area contributed by atoms with Gasteiger partial charge in [0.05, 0.1) is 0 Å². The Balaban J connectivity index is 0.00000196. The highest BCUT2D eigenvalue weighted by Crippen LogP contribution is 2.40. The zero-order chi connectivity index (χ0) is 17.6. The number of nitrogens with one attached hydrogen (secondary N) is 2. The average molecular weight is 407 g/mol. The van der Waals surface area contributed by atoms with Crippen molar-refractivity contribution >= 4 is 56.3 Å². The van der Waals surface area contributed by atoms with Gasteiger partial charge in [0.25, 0.3) is 5.56 Å². The Kier molecular flexibility index (Phi) is 5.25. The lowest BCUT2D eigenvalue weighted by atomic mass is 9.96. The quantitative estimate of drug-likeness (QED) is 0.452. The van der Waals surface area contributed by atoms with E-state index in [4.69, 9.17) is 11.6 Å². The second-order valence-corrected chi connectivity index (χ2v) is 7.16. The molecule has 4 nitrogen and oxygen atoms in total. The summed E-state index contributed by atoms with van der Waals surface area (Å²) in [5, 5.41) is 17.8. The van der Waals surface area contributed by atoms with Crippen molar-refractivity contribution in [2.45, 2.75) is 6.54 Å². The fourth-order valence-electron chi connectivity index (χ4n) is 3.17. The molecular formula is C19H16Cl2N2O2S. The van der Waals surface area contributed by atoms with Crippen molar-refractivity contribution < 1.29 is 5.11 Å². The molecule has 3 N–H and O–H groups in total.